The topological polar surface area (TPSA) is 143 Å². The van der Waals surface area contributed by atoms with E-state index >= 15 is 0 Å². The first kappa shape index (κ1) is 30.0. The van der Waals surface area contributed by atoms with Gasteiger partial charge in [0.2, 0.25) is 5.79 Å². The van der Waals surface area contributed by atoms with Crippen molar-refractivity contribution in [1.82, 2.24) is 4.90 Å². The van der Waals surface area contributed by atoms with Gasteiger partial charge < -0.3 is 34.4 Å². The molecule has 2 saturated heterocycles. The highest BCUT2D eigenvalue weighted by molar-refractivity contribution is 6.39. The maximum atomic E-state index is 13.2. The molecule has 1 aliphatic carbocycles. The average Bonchev–Trinajstić information content (AvgIpc) is 2.87. The SMILES string of the molecule is CO[C@@H]1[C@@H](O)[C@H](C[C@@H](C)[C@H](C)OC(=O)[C@@H]2CCCCN2C(=O)C(=O)[C@]2(O)OC(C)CC[C@H]2C)CC[C@H]1O. The summed E-state index contributed by atoms with van der Waals surface area (Å²) in [5, 5.41) is 31.7. The van der Waals surface area contributed by atoms with Gasteiger partial charge in [-0.3, -0.25) is 9.59 Å². The predicted octanol–water partition coefficient (Wildman–Crippen LogP) is 1.56. The molecular formula is C27H45NO9. The first-order valence-electron chi connectivity index (χ1n) is 13.8. The molecule has 10 nitrogen and oxygen atoms in total. The quantitative estimate of drug-likeness (QED) is 0.317. The highest BCUT2D eigenvalue weighted by atomic mass is 16.6. The van der Waals surface area contributed by atoms with Crippen LogP contribution in [-0.2, 0) is 28.6 Å². The van der Waals surface area contributed by atoms with Crippen LogP contribution in [0.25, 0.3) is 0 Å². The van der Waals surface area contributed by atoms with Gasteiger partial charge in [-0.05, 0) is 77.0 Å². The van der Waals surface area contributed by atoms with E-state index in [1.54, 1.807) is 20.8 Å². The number of ether oxygens (including phenoxy) is 3. The molecule has 2 heterocycles. The highest BCUT2D eigenvalue weighted by Gasteiger charge is 2.52. The fourth-order valence-corrected chi connectivity index (χ4v) is 5.96. The van der Waals surface area contributed by atoms with Crippen molar-refractivity contribution in [1.29, 1.82) is 0 Å². The number of nitrogens with zero attached hydrogens (tertiary/aromatic N) is 1. The van der Waals surface area contributed by atoms with Gasteiger partial charge in [-0.2, -0.15) is 0 Å². The van der Waals surface area contributed by atoms with E-state index < -0.39 is 59.8 Å². The Bertz CT molecular complexity index is 822. The van der Waals surface area contributed by atoms with Crippen LogP contribution in [0.5, 0.6) is 0 Å². The van der Waals surface area contributed by atoms with E-state index in [2.05, 4.69) is 0 Å². The molecule has 0 aromatic carbocycles. The van der Waals surface area contributed by atoms with Crippen LogP contribution in [-0.4, -0.2) is 93.9 Å². The van der Waals surface area contributed by atoms with Crippen molar-refractivity contribution in [2.75, 3.05) is 13.7 Å². The van der Waals surface area contributed by atoms with Crippen molar-refractivity contribution < 1.29 is 43.9 Å². The lowest BCUT2D eigenvalue weighted by molar-refractivity contribution is -0.259. The van der Waals surface area contributed by atoms with Gasteiger partial charge in [0.25, 0.3) is 11.7 Å². The summed E-state index contributed by atoms with van der Waals surface area (Å²) in [6, 6.07) is -0.909. The zero-order chi connectivity index (χ0) is 27.5. The first-order chi connectivity index (χ1) is 17.4. The highest BCUT2D eigenvalue weighted by Crippen LogP contribution is 2.35. The van der Waals surface area contributed by atoms with Crippen LogP contribution in [0.1, 0.15) is 79.1 Å². The van der Waals surface area contributed by atoms with Crippen molar-refractivity contribution >= 4 is 17.7 Å². The fourth-order valence-electron chi connectivity index (χ4n) is 5.96. The summed E-state index contributed by atoms with van der Waals surface area (Å²) >= 11 is 0. The van der Waals surface area contributed by atoms with Gasteiger partial charge in [0.1, 0.15) is 18.2 Å². The molecule has 212 valence electrons. The molecule has 1 unspecified atom stereocenters. The molecular weight excluding hydrogens is 482 g/mol. The second-order valence-corrected chi connectivity index (χ2v) is 11.4. The van der Waals surface area contributed by atoms with Crippen LogP contribution in [0.3, 0.4) is 0 Å². The predicted molar refractivity (Wildman–Crippen MR) is 133 cm³/mol. The Hall–Kier alpha value is -1.59. The van der Waals surface area contributed by atoms with Crippen molar-refractivity contribution in [2.24, 2.45) is 17.8 Å². The third-order valence-electron chi connectivity index (χ3n) is 8.69. The molecule has 3 aliphatic rings. The number of aliphatic hydroxyl groups is 3. The average molecular weight is 528 g/mol. The molecule has 3 N–H and O–H groups in total. The van der Waals surface area contributed by atoms with Gasteiger partial charge in [-0.1, -0.05) is 13.8 Å². The number of methoxy groups -OCH3 is 1. The van der Waals surface area contributed by atoms with E-state index in [0.29, 0.717) is 51.4 Å². The molecule has 0 aromatic heterocycles. The summed E-state index contributed by atoms with van der Waals surface area (Å²) in [5.74, 6) is -5.46. The second-order valence-electron chi connectivity index (χ2n) is 11.4. The smallest absolute Gasteiger partial charge is 0.329 e. The molecule has 0 aromatic rings. The number of ketones is 1. The number of carbonyl (C=O) groups is 3. The van der Waals surface area contributed by atoms with Gasteiger partial charge >= 0.3 is 5.97 Å². The number of Topliss-reactive ketones (excluding diaryl/α,β-unsaturated/α-hetero) is 1. The van der Waals surface area contributed by atoms with Crippen molar-refractivity contribution in [2.45, 2.75) is 121 Å². The Labute approximate surface area is 219 Å². The molecule has 3 fully saturated rings. The van der Waals surface area contributed by atoms with Gasteiger partial charge in [0.15, 0.2) is 0 Å². The van der Waals surface area contributed by atoms with Gasteiger partial charge in [-0.25, -0.2) is 4.79 Å². The van der Waals surface area contributed by atoms with Crippen molar-refractivity contribution in [3.8, 4) is 0 Å². The van der Waals surface area contributed by atoms with E-state index in [9.17, 15) is 29.7 Å². The summed E-state index contributed by atoms with van der Waals surface area (Å²) in [5.41, 5.74) is 0. The molecule has 3 rings (SSSR count). The maximum Gasteiger partial charge on any atom is 0.329 e. The van der Waals surface area contributed by atoms with Crippen molar-refractivity contribution in [3.63, 3.8) is 0 Å². The third kappa shape index (κ3) is 6.53. The van der Waals surface area contributed by atoms with E-state index in [0.717, 1.165) is 0 Å². The standard InChI is InChI=1S/C27H45NO9/c1-15(14-19-11-12-21(29)23(35-5)22(19)30)18(4)36-26(33)20-8-6-7-13-28(20)25(32)24(31)27(34)16(2)9-10-17(3)37-27/h15-23,29-30,34H,6-14H2,1-5H3/t15-,16-,17?,18+,19+,20+,21-,22+,23+,27-/m1/s1. The minimum Gasteiger partial charge on any atom is -0.461 e. The Morgan fingerprint density at radius 1 is 1.05 bits per heavy atom. The Kier molecular flexibility index (Phi) is 10.1. The third-order valence-corrected chi connectivity index (χ3v) is 8.69. The van der Waals surface area contributed by atoms with Gasteiger partial charge in [0.05, 0.1) is 18.3 Å². The number of piperidine rings is 1. The van der Waals surface area contributed by atoms with E-state index in [1.165, 1.54) is 12.0 Å². The minimum atomic E-state index is -2.20. The van der Waals surface area contributed by atoms with Crippen LogP contribution < -0.4 is 0 Å². The number of hydrogen-bond acceptors (Lipinski definition) is 9. The lowest BCUT2D eigenvalue weighted by Crippen LogP contribution is -2.60. The summed E-state index contributed by atoms with van der Waals surface area (Å²) < 4.78 is 16.6. The first-order valence-corrected chi connectivity index (χ1v) is 13.8. The second kappa shape index (κ2) is 12.5. The number of esters is 1. The monoisotopic (exact) mass is 527 g/mol. The molecule has 2 aliphatic heterocycles. The van der Waals surface area contributed by atoms with Crippen LogP contribution in [0, 0.1) is 17.8 Å². The van der Waals surface area contributed by atoms with E-state index in [1.807, 2.05) is 6.92 Å². The summed E-state index contributed by atoms with van der Waals surface area (Å²) in [6.07, 6.45) is 1.71. The van der Waals surface area contributed by atoms with Gasteiger partial charge in [0, 0.05) is 19.6 Å². The van der Waals surface area contributed by atoms with Crippen LogP contribution in [0.15, 0.2) is 0 Å². The van der Waals surface area contributed by atoms with Crippen molar-refractivity contribution in [3.05, 3.63) is 0 Å². The van der Waals surface area contributed by atoms with Crippen LogP contribution in [0.2, 0.25) is 0 Å². The summed E-state index contributed by atoms with van der Waals surface area (Å²) in [4.78, 5) is 40.8. The number of carbonyl (C=O) groups excluding carboxylic acids is 3. The fraction of sp³-hybridized carbons (Fsp3) is 0.889. The number of likely N-dealkylation sites (tertiary alicyclic amines) is 1. The minimum absolute atomic E-state index is 0.0931. The molecule has 0 bridgehead atoms. The van der Waals surface area contributed by atoms with Crippen LogP contribution in [0.4, 0.5) is 0 Å². The van der Waals surface area contributed by atoms with E-state index in [4.69, 9.17) is 14.2 Å². The largest absolute Gasteiger partial charge is 0.461 e. The number of rotatable bonds is 8. The Morgan fingerprint density at radius 2 is 1.76 bits per heavy atom. The molecule has 37 heavy (non-hydrogen) atoms. The summed E-state index contributed by atoms with van der Waals surface area (Å²) in [6.45, 7) is 7.37. The number of hydrogen-bond donors (Lipinski definition) is 3. The molecule has 0 radical (unpaired) electrons. The molecule has 10 heteroatoms. The van der Waals surface area contributed by atoms with Gasteiger partial charge in [-0.15, -0.1) is 0 Å². The zero-order valence-electron chi connectivity index (χ0n) is 22.8. The van der Waals surface area contributed by atoms with E-state index in [-0.39, 0.29) is 24.5 Å². The maximum absolute atomic E-state index is 13.2. The molecule has 10 atom stereocenters. The summed E-state index contributed by atoms with van der Waals surface area (Å²) in [7, 11) is 1.47. The molecule has 1 amide bonds. The number of amides is 1. The lowest BCUT2D eigenvalue weighted by atomic mass is 9.77. The molecule has 0 spiro atoms. The lowest BCUT2D eigenvalue weighted by Gasteiger charge is -2.41. The normalized spacial score (nSPS) is 38.5. The number of aliphatic hydroxyl groups excluding tert-OH is 2. The Morgan fingerprint density at radius 3 is 2.43 bits per heavy atom. The Balaban J connectivity index is 1.63. The van der Waals surface area contributed by atoms with Crippen LogP contribution >= 0.6 is 0 Å². The molecule has 1 saturated carbocycles. The zero-order valence-corrected chi connectivity index (χ0v) is 22.8.